The molecule has 0 radical (unpaired) electrons. The summed E-state index contributed by atoms with van der Waals surface area (Å²) in [6, 6.07) is 17.8. The van der Waals surface area contributed by atoms with Crippen LogP contribution >= 0.6 is 0 Å². The number of pyridine rings is 1. The predicted octanol–water partition coefficient (Wildman–Crippen LogP) is 9.86. The molecule has 0 saturated carbocycles. The molecule has 2 aliphatic heterocycles. The summed E-state index contributed by atoms with van der Waals surface area (Å²) in [4.78, 5) is 38.1. The Morgan fingerprint density at radius 3 is 1.96 bits per heavy atom. The van der Waals surface area contributed by atoms with Gasteiger partial charge >= 0.3 is 0 Å². The summed E-state index contributed by atoms with van der Waals surface area (Å²) < 4.78 is 104. The molecule has 0 aliphatic carbocycles. The lowest BCUT2D eigenvalue weighted by atomic mass is 9.98. The van der Waals surface area contributed by atoms with Crippen molar-refractivity contribution in [2.75, 3.05) is 36.3 Å². The lowest BCUT2D eigenvalue weighted by Crippen LogP contribution is -2.47. The number of nitrogens with one attached hydrogen (secondary N) is 2. The summed E-state index contributed by atoms with van der Waals surface area (Å²) in [5.41, 5.74) is 8.03. The van der Waals surface area contributed by atoms with Gasteiger partial charge in [0, 0.05) is 51.7 Å². The standard InChI is InChI=1S/C50H41F6N9O4/c1-24(2)39-43(49(66)60-63-15-17-68-37-11-7-6-10-35(37)63)59-65-46(32-21-29(52)23-34(54)41(32)56)26(5)42(57-48(39)65)27-12-13-36-38(19-27)69-18-16-64(36)61-50(67)44-45(25(3)4)62-14-8-9-30(47(62)58-44)31-20-28(51)22-33(53)40(31)55/h6-14,19-25H,15-18H2,1-5H3,(H,60,66)(H,61,67). The van der Waals surface area contributed by atoms with Crippen molar-refractivity contribution in [1.82, 2.24) is 34.8 Å². The first-order valence-corrected chi connectivity index (χ1v) is 22.0. The van der Waals surface area contributed by atoms with Gasteiger partial charge in [0.15, 0.2) is 40.3 Å². The van der Waals surface area contributed by atoms with E-state index in [1.807, 2.05) is 33.8 Å². The number of carbonyl (C=O) groups excluding carboxylic acids is 2. The summed E-state index contributed by atoms with van der Waals surface area (Å²) in [7, 11) is 0. The van der Waals surface area contributed by atoms with Gasteiger partial charge in [0.1, 0.15) is 42.0 Å². The SMILES string of the molecule is Cc1c(-c2ccc3c(c2)OCCN3NC(=O)c2nc3c(-c4cc(F)cc(F)c4F)cccn3c2C(C)C)nc2c(C(C)C)c(C(=O)NN3CCOc4ccccc43)nn2c1-c1cc(F)cc(F)c1F. The third-order valence-corrected chi connectivity index (χ3v) is 12.1. The van der Waals surface area contributed by atoms with Crippen molar-refractivity contribution < 1.29 is 45.4 Å². The molecule has 69 heavy (non-hydrogen) atoms. The van der Waals surface area contributed by atoms with Gasteiger partial charge in [-0.15, -0.1) is 0 Å². The summed E-state index contributed by atoms with van der Waals surface area (Å²) in [6.45, 7) is 9.84. The maximum atomic E-state index is 15.9. The summed E-state index contributed by atoms with van der Waals surface area (Å²) >= 11 is 0. The zero-order chi connectivity index (χ0) is 48.6. The van der Waals surface area contributed by atoms with Crippen LogP contribution in [0.2, 0.25) is 0 Å². The maximum Gasteiger partial charge on any atom is 0.290 e. The highest BCUT2D eigenvalue weighted by atomic mass is 19.2. The van der Waals surface area contributed by atoms with Crippen LogP contribution in [0.15, 0.2) is 85.1 Å². The number of carbonyl (C=O) groups is 2. The second-order valence-corrected chi connectivity index (χ2v) is 17.2. The number of para-hydroxylation sites is 2. The van der Waals surface area contributed by atoms with Crippen molar-refractivity contribution in [3.8, 4) is 45.1 Å². The number of hydrazine groups is 2. The van der Waals surface area contributed by atoms with E-state index in [0.717, 1.165) is 12.1 Å². The van der Waals surface area contributed by atoms with E-state index in [-0.39, 0.29) is 69.8 Å². The van der Waals surface area contributed by atoms with E-state index in [0.29, 0.717) is 65.0 Å². The van der Waals surface area contributed by atoms with Crippen LogP contribution in [0.3, 0.4) is 0 Å². The maximum absolute atomic E-state index is 15.9. The molecule has 352 valence electrons. The molecule has 8 aromatic rings. The number of benzene rings is 4. The number of nitrogens with zero attached hydrogens (tertiary/aromatic N) is 7. The monoisotopic (exact) mass is 945 g/mol. The van der Waals surface area contributed by atoms with Crippen molar-refractivity contribution >= 4 is 34.5 Å². The molecule has 6 heterocycles. The normalized spacial score (nSPS) is 13.5. The largest absolute Gasteiger partial charge is 0.489 e. The molecule has 4 aromatic heterocycles. The minimum absolute atomic E-state index is 0.00866. The fourth-order valence-corrected chi connectivity index (χ4v) is 9.06. The molecule has 2 aliphatic rings. The second kappa shape index (κ2) is 17.2. The first-order valence-electron chi connectivity index (χ1n) is 22.0. The highest BCUT2D eigenvalue weighted by Gasteiger charge is 2.32. The van der Waals surface area contributed by atoms with Gasteiger partial charge in [-0.25, -0.2) is 40.8 Å². The van der Waals surface area contributed by atoms with Crippen molar-refractivity contribution in [3.05, 3.63) is 148 Å². The fraction of sp³-hybridized carbons (Fsp3) is 0.220. The Balaban J connectivity index is 1.04. The number of anilines is 2. The van der Waals surface area contributed by atoms with E-state index in [1.165, 1.54) is 10.6 Å². The topological polar surface area (TPSA) is 131 Å². The van der Waals surface area contributed by atoms with Crippen LogP contribution in [0.5, 0.6) is 11.5 Å². The number of ether oxygens (including phenoxy) is 2. The van der Waals surface area contributed by atoms with Crippen LogP contribution < -0.4 is 30.3 Å². The number of aromatic nitrogens is 5. The molecule has 2 N–H and O–H groups in total. The molecule has 0 atom stereocenters. The lowest BCUT2D eigenvalue weighted by Gasteiger charge is -2.31. The number of halogens is 6. The van der Waals surface area contributed by atoms with Crippen molar-refractivity contribution in [3.63, 3.8) is 0 Å². The number of fused-ring (bicyclic) bond motifs is 4. The highest BCUT2D eigenvalue weighted by molar-refractivity contribution is 5.98. The van der Waals surface area contributed by atoms with Crippen molar-refractivity contribution in [2.24, 2.45) is 0 Å². The molecule has 0 spiro atoms. The number of amides is 2. The molecular weight excluding hydrogens is 905 g/mol. The number of imidazole rings is 1. The van der Waals surface area contributed by atoms with Crippen LogP contribution in [0, 0.1) is 41.8 Å². The molecule has 2 amide bonds. The van der Waals surface area contributed by atoms with Gasteiger partial charge in [0.05, 0.1) is 41.5 Å². The first-order chi connectivity index (χ1) is 33.1. The predicted molar refractivity (Wildman–Crippen MR) is 244 cm³/mol. The van der Waals surface area contributed by atoms with Gasteiger partial charge in [0.25, 0.3) is 11.8 Å². The van der Waals surface area contributed by atoms with E-state index in [2.05, 4.69) is 20.9 Å². The summed E-state index contributed by atoms with van der Waals surface area (Å²) in [5.74, 6) is -8.48. The van der Waals surface area contributed by atoms with E-state index in [9.17, 15) is 18.4 Å². The molecule has 0 unspecified atom stereocenters. The van der Waals surface area contributed by atoms with Gasteiger partial charge in [-0.2, -0.15) is 5.10 Å². The van der Waals surface area contributed by atoms with Crippen LogP contribution in [-0.4, -0.2) is 62.1 Å². The first kappa shape index (κ1) is 44.7. The van der Waals surface area contributed by atoms with Gasteiger partial charge in [-0.3, -0.25) is 30.5 Å². The zero-order valence-corrected chi connectivity index (χ0v) is 37.6. The summed E-state index contributed by atoms with van der Waals surface area (Å²) in [6.07, 6.45) is 1.63. The Bertz CT molecular complexity index is 3430. The third kappa shape index (κ3) is 7.66. The average molecular weight is 946 g/mol. The lowest BCUT2D eigenvalue weighted by molar-refractivity contribution is 0.0930. The molecule has 13 nitrogen and oxygen atoms in total. The van der Waals surface area contributed by atoms with Crippen LogP contribution in [-0.2, 0) is 0 Å². The summed E-state index contributed by atoms with van der Waals surface area (Å²) in [5, 5.41) is 7.87. The van der Waals surface area contributed by atoms with E-state index in [4.69, 9.17) is 14.5 Å². The molecular formula is C50H41F6N9O4. The highest BCUT2D eigenvalue weighted by Crippen LogP contribution is 2.41. The Kier molecular flexibility index (Phi) is 11.2. The Morgan fingerprint density at radius 1 is 0.652 bits per heavy atom. The van der Waals surface area contributed by atoms with Gasteiger partial charge in [-0.1, -0.05) is 45.9 Å². The molecule has 10 rings (SSSR count). The number of hydrogen-bond donors (Lipinski definition) is 2. The number of hydrogen-bond acceptors (Lipinski definition) is 9. The van der Waals surface area contributed by atoms with Gasteiger partial charge in [-0.05, 0) is 67.3 Å². The molecule has 4 aromatic carbocycles. The van der Waals surface area contributed by atoms with Crippen molar-refractivity contribution in [2.45, 2.75) is 46.5 Å². The quantitative estimate of drug-likeness (QED) is 0.107. The fourth-order valence-electron chi connectivity index (χ4n) is 9.06. The smallest absolute Gasteiger partial charge is 0.290 e. The second-order valence-electron chi connectivity index (χ2n) is 17.2. The molecule has 0 bridgehead atoms. The van der Waals surface area contributed by atoms with Crippen LogP contribution in [0.1, 0.15) is 77.3 Å². The zero-order valence-electron chi connectivity index (χ0n) is 37.6. The molecule has 19 heteroatoms. The average Bonchev–Trinajstić information content (AvgIpc) is 3.92. The minimum Gasteiger partial charge on any atom is -0.489 e. The third-order valence-electron chi connectivity index (χ3n) is 12.1. The van der Waals surface area contributed by atoms with Gasteiger partial charge < -0.3 is 13.9 Å². The molecule has 0 saturated heterocycles. The minimum atomic E-state index is -1.43. The van der Waals surface area contributed by atoms with Crippen LogP contribution in [0.4, 0.5) is 37.7 Å². The Morgan fingerprint density at radius 2 is 1.28 bits per heavy atom. The van der Waals surface area contributed by atoms with E-state index >= 15 is 17.6 Å². The van der Waals surface area contributed by atoms with Crippen molar-refractivity contribution in [1.29, 1.82) is 0 Å². The van der Waals surface area contributed by atoms with Gasteiger partial charge in [0.2, 0.25) is 0 Å². The Labute approximate surface area is 389 Å². The van der Waals surface area contributed by atoms with Crippen LogP contribution in [0.25, 0.3) is 44.9 Å². The molecule has 0 fully saturated rings. The number of rotatable bonds is 9. The van der Waals surface area contributed by atoms with E-state index < -0.39 is 58.2 Å². The van der Waals surface area contributed by atoms with E-state index in [1.54, 1.807) is 70.0 Å². The Hall–Kier alpha value is -8.09.